The Labute approximate surface area is 99.7 Å². The molecule has 0 aliphatic heterocycles. The highest BCUT2D eigenvalue weighted by atomic mass is 32.1. The average molecular weight is 234 g/mol. The fraction of sp³-hybridized carbons (Fsp3) is 0.273. The molecule has 2 rings (SSSR count). The lowest BCUT2D eigenvalue weighted by molar-refractivity contribution is 0.568. The Hall–Kier alpha value is -1.62. The molecule has 5 heteroatoms. The van der Waals surface area contributed by atoms with Gasteiger partial charge in [-0.2, -0.15) is 0 Å². The van der Waals surface area contributed by atoms with Crippen LogP contribution in [0.2, 0.25) is 0 Å². The monoisotopic (exact) mass is 234 g/mol. The van der Waals surface area contributed by atoms with Crippen molar-refractivity contribution in [3.8, 4) is 0 Å². The van der Waals surface area contributed by atoms with Gasteiger partial charge in [-0.15, -0.1) is 0 Å². The van der Waals surface area contributed by atoms with Crippen LogP contribution in [0.1, 0.15) is 11.5 Å². The topological polar surface area (TPSA) is 48.8 Å². The van der Waals surface area contributed by atoms with Crippen molar-refractivity contribution in [3.05, 3.63) is 42.2 Å². The molecule has 2 N–H and O–H groups in total. The lowest BCUT2D eigenvalue weighted by atomic mass is 10.4. The molecule has 16 heavy (non-hydrogen) atoms. The first kappa shape index (κ1) is 10.9. The maximum absolute atomic E-state index is 5.63. The number of imidazole rings is 1. The molecule has 0 aromatic carbocycles. The number of nitrogens with two attached hydrogens (primary N) is 1. The average Bonchev–Trinajstić information content (AvgIpc) is 2.83. The van der Waals surface area contributed by atoms with Crippen molar-refractivity contribution in [2.75, 3.05) is 0 Å². The van der Waals surface area contributed by atoms with E-state index in [1.54, 1.807) is 6.20 Å². The number of thiocarbonyl (C=S) groups is 1. The predicted octanol–water partition coefficient (Wildman–Crippen LogP) is 1.33. The fourth-order valence-electron chi connectivity index (χ4n) is 1.69. The molecule has 2 heterocycles. The van der Waals surface area contributed by atoms with Gasteiger partial charge in [0, 0.05) is 31.7 Å². The quantitative estimate of drug-likeness (QED) is 0.812. The van der Waals surface area contributed by atoms with E-state index in [4.69, 9.17) is 18.0 Å². The highest BCUT2D eigenvalue weighted by molar-refractivity contribution is 7.80. The van der Waals surface area contributed by atoms with Gasteiger partial charge in [0.05, 0.1) is 5.69 Å². The van der Waals surface area contributed by atoms with Gasteiger partial charge in [-0.25, -0.2) is 4.98 Å². The molecule has 0 aliphatic rings. The van der Waals surface area contributed by atoms with Crippen LogP contribution in [-0.2, 0) is 13.1 Å². The zero-order chi connectivity index (χ0) is 11.5. The van der Waals surface area contributed by atoms with E-state index in [1.165, 1.54) is 0 Å². The molecular weight excluding hydrogens is 220 g/mol. The zero-order valence-electron chi connectivity index (χ0n) is 9.13. The second kappa shape index (κ2) is 4.49. The minimum atomic E-state index is 0.437. The maximum Gasteiger partial charge on any atom is 0.120 e. The first-order valence-electron chi connectivity index (χ1n) is 5.11. The Balaban J connectivity index is 2.08. The van der Waals surface area contributed by atoms with Gasteiger partial charge in [0.25, 0.3) is 0 Å². The molecule has 2 aromatic heterocycles. The van der Waals surface area contributed by atoms with Crippen LogP contribution >= 0.6 is 12.2 Å². The molecule has 0 saturated heterocycles. The Morgan fingerprint density at radius 3 is 2.75 bits per heavy atom. The van der Waals surface area contributed by atoms with E-state index in [1.807, 2.05) is 31.5 Å². The molecular formula is C11H14N4S. The molecule has 0 aliphatic carbocycles. The van der Waals surface area contributed by atoms with Gasteiger partial charge in [0.1, 0.15) is 10.8 Å². The van der Waals surface area contributed by atoms with Crippen LogP contribution in [0.4, 0.5) is 0 Å². The summed E-state index contributed by atoms with van der Waals surface area (Å²) in [7, 11) is 0. The maximum atomic E-state index is 5.63. The third kappa shape index (κ3) is 2.14. The summed E-state index contributed by atoms with van der Waals surface area (Å²) in [6, 6.07) is 3.89. The molecule has 4 nitrogen and oxygen atoms in total. The summed E-state index contributed by atoms with van der Waals surface area (Å²) >= 11 is 4.98. The van der Waals surface area contributed by atoms with Crippen molar-refractivity contribution in [1.82, 2.24) is 14.1 Å². The molecule has 0 bridgehead atoms. The van der Waals surface area contributed by atoms with Crippen LogP contribution in [0.3, 0.4) is 0 Å². The van der Waals surface area contributed by atoms with E-state index >= 15 is 0 Å². The summed E-state index contributed by atoms with van der Waals surface area (Å²) in [4.78, 5) is 4.61. The van der Waals surface area contributed by atoms with Gasteiger partial charge in [-0.05, 0) is 19.1 Å². The Morgan fingerprint density at radius 1 is 1.38 bits per heavy atom. The summed E-state index contributed by atoms with van der Waals surface area (Å²) in [5, 5.41) is 0. The van der Waals surface area contributed by atoms with Crippen molar-refractivity contribution < 1.29 is 0 Å². The van der Waals surface area contributed by atoms with E-state index in [0.717, 1.165) is 24.6 Å². The summed E-state index contributed by atoms with van der Waals surface area (Å²) in [5.41, 5.74) is 6.54. The molecule has 0 spiro atoms. The third-order valence-electron chi connectivity index (χ3n) is 2.59. The van der Waals surface area contributed by atoms with Crippen LogP contribution in [0.15, 0.2) is 30.7 Å². The van der Waals surface area contributed by atoms with Crippen molar-refractivity contribution in [1.29, 1.82) is 0 Å². The lowest BCUT2D eigenvalue weighted by Gasteiger charge is -2.09. The number of aryl methyl sites for hydroxylation is 3. The first-order valence-corrected chi connectivity index (χ1v) is 5.52. The molecule has 2 aromatic rings. The SMILES string of the molecule is Cc1nccn1CCn1cccc1C(N)=S. The highest BCUT2D eigenvalue weighted by Crippen LogP contribution is 2.04. The smallest absolute Gasteiger partial charge is 0.120 e. The van der Waals surface area contributed by atoms with Crippen LogP contribution in [0.25, 0.3) is 0 Å². The van der Waals surface area contributed by atoms with E-state index in [9.17, 15) is 0 Å². The van der Waals surface area contributed by atoms with E-state index in [2.05, 4.69) is 14.1 Å². The number of nitrogens with zero attached hydrogens (tertiary/aromatic N) is 3. The molecule has 0 saturated carbocycles. The van der Waals surface area contributed by atoms with Crippen molar-refractivity contribution >= 4 is 17.2 Å². The Morgan fingerprint density at radius 2 is 2.12 bits per heavy atom. The summed E-state index contributed by atoms with van der Waals surface area (Å²) < 4.78 is 4.16. The Bertz CT molecular complexity index is 498. The standard InChI is InChI=1S/C11H14N4S/c1-9-13-4-6-14(9)7-8-15-5-2-3-10(15)11(12)16/h2-6H,7-8H2,1H3,(H2,12,16). The molecule has 0 fully saturated rings. The van der Waals surface area contributed by atoms with Crippen LogP contribution in [0.5, 0.6) is 0 Å². The number of hydrogen-bond donors (Lipinski definition) is 1. The molecule has 0 radical (unpaired) electrons. The van der Waals surface area contributed by atoms with Crippen LogP contribution in [-0.4, -0.2) is 19.1 Å². The number of rotatable bonds is 4. The van der Waals surface area contributed by atoms with Gasteiger partial charge < -0.3 is 14.9 Å². The normalized spacial score (nSPS) is 10.6. The third-order valence-corrected chi connectivity index (χ3v) is 2.80. The van der Waals surface area contributed by atoms with E-state index in [-0.39, 0.29) is 0 Å². The summed E-state index contributed by atoms with van der Waals surface area (Å²) in [6.45, 7) is 3.71. The highest BCUT2D eigenvalue weighted by Gasteiger charge is 2.03. The van der Waals surface area contributed by atoms with Gasteiger partial charge >= 0.3 is 0 Å². The predicted molar refractivity (Wildman–Crippen MR) is 67.3 cm³/mol. The van der Waals surface area contributed by atoms with Crippen LogP contribution < -0.4 is 5.73 Å². The van der Waals surface area contributed by atoms with Crippen molar-refractivity contribution in [3.63, 3.8) is 0 Å². The minimum Gasteiger partial charge on any atom is -0.388 e. The number of aromatic nitrogens is 3. The van der Waals surface area contributed by atoms with Gasteiger partial charge in [-0.3, -0.25) is 0 Å². The molecule has 84 valence electrons. The van der Waals surface area contributed by atoms with Gasteiger partial charge in [0.15, 0.2) is 0 Å². The molecule has 0 atom stereocenters. The van der Waals surface area contributed by atoms with Gasteiger partial charge in [0.2, 0.25) is 0 Å². The lowest BCUT2D eigenvalue weighted by Crippen LogP contribution is -2.17. The fourth-order valence-corrected chi connectivity index (χ4v) is 1.87. The summed E-state index contributed by atoms with van der Waals surface area (Å²) in [5.74, 6) is 1.02. The largest absolute Gasteiger partial charge is 0.388 e. The minimum absolute atomic E-state index is 0.437. The first-order chi connectivity index (χ1) is 7.68. The zero-order valence-corrected chi connectivity index (χ0v) is 9.94. The Kier molecular flexibility index (Phi) is 3.05. The van der Waals surface area contributed by atoms with Crippen LogP contribution in [0, 0.1) is 6.92 Å². The van der Waals surface area contributed by atoms with Crippen molar-refractivity contribution in [2.24, 2.45) is 5.73 Å². The molecule has 0 amide bonds. The second-order valence-corrected chi connectivity index (χ2v) is 4.06. The second-order valence-electron chi connectivity index (χ2n) is 3.62. The van der Waals surface area contributed by atoms with E-state index in [0.29, 0.717) is 4.99 Å². The van der Waals surface area contributed by atoms with Crippen molar-refractivity contribution in [2.45, 2.75) is 20.0 Å². The van der Waals surface area contributed by atoms with Gasteiger partial charge in [-0.1, -0.05) is 12.2 Å². The molecule has 0 unspecified atom stereocenters. The van der Waals surface area contributed by atoms with E-state index < -0.39 is 0 Å². The number of hydrogen-bond acceptors (Lipinski definition) is 2. The summed E-state index contributed by atoms with van der Waals surface area (Å²) in [6.07, 6.45) is 5.76.